The van der Waals surface area contributed by atoms with Crippen molar-refractivity contribution in [1.82, 2.24) is 9.71 Å². The van der Waals surface area contributed by atoms with Crippen LogP contribution >= 0.6 is 11.6 Å². The minimum Gasteiger partial charge on any atom is -0.324 e. The Bertz CT molecular complexity index is 751. The molecule has 116 valence electrons. The highest BCUT2D eigenvalue weighted by Gasteiger charge is 2.13. The van der Waals surface area contributed by atoms with Gasteiger partial charge in [-0.15, -0.1) is 0 Å². The van der Waals surface area contributed by atoms with Gasteiger partial charge < -0.3 is 5.32 Å². The Hall–Kier alpha value is -1.96. The molecule has 0 spiro atoms. The van der Waals surface area contributed by atoms with Gasteiger partial charge in [-0.2, -0.15) is 0 Å². The second-order valence-electron chi connectivity index (χ2n) is 4.50. The van der Waals surface area contributed by atoms with Gasteiger partial charge in [-0.1, -0.05) is 23.7 Å². The molecular formula is C14H14ClN3O3S. The molecule has 1 aromatic carbocycles. The first-order valence-corrected chi connectivity index (χ1v) is 8.39. The molecule has 0 fully saturated rings. The van der Waals surface area contributed by atoms with Gasteiger partial charge in [0.15, 0.2) is 0 Å². The van der Waals surface area contributed by atoms with Crippen molar-refractivity contribution in [3.63, 3.8) is 0 Å². The van der Waals surface area contributed by atoms with Crippen molar-refractivity contribution >= 4 is 33.2 Å². The van der Waals surface area contributed by atoms with Crippen LogP contribution in [0.25, 0.3) is 0 Å². The predicted octanol–water partition coefficient (Wildman–Crippen LogP) is 1.79. The monoisotopic (exact) mass is 339 g/mol. The lowest BCUT2D eigenvalue weighted by Crippen LogP contribution is -2.33. The van der Waals surface area contributed by atoms with Gasteiger partial charge in [0.1, 0.15) is 0 Å². The Kier molecular flexibility index (Phi) is 5.48. The fourth-order valence-electron chi connectivity index (χ4n) is 1.71. The lowest BCUT2D eigenvalue weighted by molar-refractivity contribution is -0.115. The molecule has 0 saturated carbocycles. The van der Waals surface area contributed by atoms with Crippen molar-refractivity contribution in [1.29, 1.82) is 0 Å². The van der Waals surface area contributed by atoms with E-state index < -0.39 is 15.9 Å². The normalized spacial score (nSPS) is 11.1. The Labute approximate surface area is 133 Å². The number of aromatic nitrogens is 1. The average molecular weight is 340 g/mol. The maximum Gasteiger partial charge on any atom is 0.239 e. The fraction of sp³-hybridized carbons (Fsp3) is 0.143. The SMILES string of the molecule is O=C(CNS(=O)(=O)Cc1cccc(Cl)c1)Nc1cccnc1. The first kappa shape index (κ1) is 16.4. The quantitative estimate of drug-likeness (QED) is 0.839. The summed E-state index contributed by atoms with van der Waals surface area (Å²) < 4.78 is 26.1. The van der Waals surface area contributed by atoms with Crippen LogP contribution in [0.5, 0.6) is 0 Å². The summed E-state index contributed by atoms with van der Waals surface area (Å²) in [5.41, 5.74) is 1.05. The molecule has 0 aliphatic rings. The summed E-state index contributed by atoms with van der Waals surface area (Å²) in [5, 5.41) is 3.00. The van der Waals surface area contributed by atoms with Gasteiger partial charge in [0, 0.05) is 11.2 Å². The van der Waals surface area contributed by atoms with E-state index in [-0.39, 0.29) is 12.3 Å². The molecule has 0 atom stereocenters. The van der Waals surface area contributed by atoms with E-state index in [0.29, 0.717) is 16.3 Å². The van der Waals surface area contributed by atoms with E-state index >= 15 is 0 Å². The Morgan fingerprint density at radius 3 is 2.73 bits per heavy atom. The third-order valence-electron chi connectivity index (χ3n) is 2.64. The molecule has 0 saturated heterocycles. The van der Waals surface area contributed by atoms with Crippen molar-refractivity contribution in [2.45, 2.75) is 5.75 Å². The number of benzene rings is 1. The maximum atomic E-state index is 11.9. The Balaban J connectivity index is 1.88. The van der Waals surface area contributed by atoms with E-state index in [9.17, 15) is 13.2 Å². The van der Waals surface area contributed by atoms with E-state index in [0.717, 1.165) is 0 Å². The number of amides is 1. The van der Waals surface area contributed by atoms with E-state index in [4.69, 9.17) is 11.6 Å². The third-order valence-corrected chi connectivity index (χ3v) is 4.18. The molecule has 2 N–H and O–H groups in total. The summed E-state index contributed by atoms with van der Waals surface area (Å²) in [6, 6.07) is 9.87. The summed E-state index contributed by atoms with van der Waals surface area (Å²) in [6.07, 6.45) is 3.04. The van der Waals surface area contributed by atoms with Crippen LogP contribution in [-0.4, -0.2) is 25.9 Å². The van der Waals surface area contributed by atoms with Gasteiger partial charge in [0.25, 0.3) is 0 Å². The number of hydrogen-bond acceptors (Lipinski definition) is 4. The molecular weight excluding hydrogens is 326 g/mol. The van der Waals surface area contributed by atoms with Crippen molar-refractivity contribution in [2.24, 2.45) is 0 Å². The number of hydrogen-bond donors (Lipinski definition) is 2. The standard InChI is InChI=1S/C14H14ClN3O3S/c15-12-4-1-3-11(7-12)10-22(20,21)17-9-14(19)18-13-5-2-6-16-8-13/h1-8,17H,9-10H2,(H,18,19). The first-order chi connectivity index (χ1) is 10.4. The maximum absolute atomic E-state index is 11.9. The van der Waals surface area contributed by atoms with Crippen LogP contribution in [0.3, 0.4) is 0 Å². The smallest absolute Gasteiger partial charge is 0.239 e. The van der Waals surface area contributed by atoms with Crippen molar-refractivity contribution in [3.8, 4) is 0 Å². The summed E-state index contributed by atoms with van der Waals surface area (Å²) >= 11 is 5.81. The number of pyridine rings is 1. The van der Waals surface area contributed by atoms with Crippen LogP contribution in [0.2, 0.25) is 5.02 Å². The lowest BCUT2D eigenvalue weighted by atomic mass is 10.2. The molecule has 8 heteroatoms. The molecule has 1 amide bonds. The van der Waals surface area contributed by atoms with E-state index in [2.05, 4.69) is 15.0 Å². The van der Waals surface area contributed by atoms with Gasteiger partial charge in [-0.3, -0.25) is 9.78 Å². The first-order valence-electron chi connectivity index (χ1n) is 6.36. The van der Waals surface area contributed by atoms with Gasteiger partial charge in [0.05, 0.1) is 24.2 Å². The Morgan fingerprint density at radius 1 is 1.23 bits per heavy atom. The fourth-order valence-corrected chi connectivity index (χ4v) is 3.00. The number of rotatable bonds is 6. The molecule has 0 bridgehead atoms. The number of nitrogens with one attached hydrogen (secondary N) is 2. The second kappa shape index (κ2) is 7.35. The predicted molar refractivity (Wildman–Crippen MR) is 84.9 cm³/mol. The second-order valence-corrected chi connectivity index (χ2v) is 6.74. The zero-order chi connectivity index (χ0) is 16.0. The molecule has 0 aliphatic heterocycles. The molecule has 1 heterocycles. The third kappa shape index (κ3) is 5.44. The highest BCUT2D eigenvalue weighted by molar-refractivity contribution is 7.88. The van der Waals surface area contributed by atoms with Gasteiger partial charge in [-0.25, -0.2) is 13.1 Å². The molecule has 0 radical (unpaired) electrons. The summed E-state index contributed by atoms with van der Waals surface area (Å²) in [4.78, 5) is 15.5. The minimum atomic E-state index is -3.62. The summed E-state index contributed by atoms with van der Waals surface area (Å²) in [6.45, 7) is -0.349. The van der Waals surface area contributed by atoms with Crippen molar-refractivity contribution in [2.75, 3.05) is 11.9 Å². The number of halogens is 1. The van der Waals surface area contributed by atoms with Crippen LogP contribution in [0.15, 0.2) is 48.8 Å². The van der Waals surface area contributed by atoms with Crippen LogP contribution in [0.4, 0.5) is 5.69 Å². The molecule has 6 nitrogen and oxygen atoms in total. The van der Waals surface area contributed by atoms with Crippen molar-refractivity contribution in [3.05, 3.63) is 59.4 Å². The summed E-state index contributed by atoms with van der Waals surface area (Å²) in [5.74, 6) is -0.712. The molecule has 2 rings (SSSR count). The minimum absolute atomic E-state index is 0.242. The highest BCUT2D eigenvalue weighted by atomic mass is 35.5. The molecule has 0 aliphatic carbocycles. The zero-order valence-electron chi connectivity index (χ0n) is 11.5. The van der Waals surface area contributed by atoms with Gasteiger partial charge in [0.2, 0.25) is 15.9 Å². The number of anilines is 1. The van der Waals surface area contributed by atoms with Gasteiger partial charge in [-0.05, 0) is 29.8 Å². The number of carbonyl (C=O) groups excluding carboxylic acids is 1. The largest absolute Gasteiger partial charge is 0.324 e. The molecule has 0 unspecified atom stereocenters. The van der Waals surface area contributed by atoms with E-state index in [1.54, 1.807) is 42.6 Å². The lowest BCUT2D eigenvalue weighted by Gasteiger charge is -2.08. The van der Waals surface area contributed by atoms with Crippen LogP contribution in [0, 0.1) is 0 Å². The topological polar surface area (TPSA) is 88.2 Å². The number of carbonyl (C=O) groups is 1. The van der Waals surface area contributed by atoms with E-state index in [1.807, 2.05) is 0 Å². The van der Waals surface area contributed by atoms with Crippen LogP contribution < -0.4 is 10.0 Å². The zero-order valence-corrected chi connectivity index (χ0v) is 13.1. The number of nitrogens with zero attached hydrogens (tertiary/aromatic N) is 1. The Morgan fingerprint density at radius 2 is 2.05 bits per heavy atom. The molecule has 22 heavy (non-hydrogen) atoms. The summed E-state index contributed by atoms with van der Waals surface area (Å²) in [7, 11) is -3.62. The molecule has 2 aromatic rings. The van der Waals surface area contributed by atoms with E-state index in [1.165, 1.54) is 6.20 Å². The average Bonchev–Trinajstić information content (AvgIpc) is 2.46. The molecule has 1 aromatic heterocycles. The van der Waals surface area contributed by atoms with Crippen molar-refractivity contribution < 1.29 is 13.2 Å². The highest BCUT2D eigenvalue weighted by Crippen LogP contribution is 2.12. The van der Waals surface area contributed by atoms with Crippen LogP contribution in [-0.2, 0) is 20.6 Å². The van der Waals surface area contributed by atoms with Gasteiger partial charge >= 0.3 is 0 Å². The van der Waals surface area contributed by atoms with Crippen LogP contribution in [0.1, 0.15) is 5.56 Å². The number of sulfonamides is 1.